The quantitative estimate of drug-likeness (QED) is 0.100. The van der Waals surface area contributed by atoms with Gasteiger partial charge in [0.2, 0.25) is 0 Å². The van der Waals surface area contributed by atoms with Gasteiger partial charge >= 0.3 is 17.2 Å². The Bertz CT molecular complexity index is 2520. The summed E-state index contributed by atoms with van der Waals surface area (Å²) < 4.78 is 45.7. The summed E-state index contributed by atoms with van der Waals surface area (Å²) >= 11 is 0. The van der Waals surface area contributed by atoms with E-state index in [0.29, 0.717) is 45.9 Å². The molecule has 9 rings (SSSR count). The molecule has 0 aliphatic carbocycles. The predicted octanol–water partition coefficient (Wildman–Crippen LogP) is 6.23. The van der Waals surface area contributed by atoms with Crippen molar-refractivity contribution < 1.29 is 21.4 Å². The number of fused-ring (bicyclic) bond motifs is 20. The average Bonchev–Trinajstić information content (AvgIpc) is 3.80. The maximum absolute atomic E-state index is 9.58. The lowest BCUT2D eigenvalue weighted by atomic mass is 10.1. The van der Waals surface area contributed by atoms with Crippen molar-refractivity contribution >= 4 is 72.0 Å². The molecule has 0 saturated heterocycles. The van der Waals surface area contributed by atoms with Crippen molar-refractivity contribution in [2.24, 2.45) is 0 Å². The maximum Gasteiger partial charge on any atom is 0.386 e. The highest BCUT2D eigenvalue weighted by Crippen LogP contribution is 2.36. The molecule has 48 heavy (non-hydrogen) atoms. The molecule has 2 aliphatic heterocycles. The van der Waals surface area contributed by atoms with Crippen LogP contribution in [0.2, 0.25) is 0 Å². The van der Waals surface area contributed by atoms with E-state index in [4.69, 9.17) is 34.5 Å². The molecule has 3 N–H and O–H groups in total. The zero-order valence-electron chi connectivity index (χ0n) is 24.2. The molecule has 7 aromatic rings. The molecule has 3 aromatic heterocycles. The second-order valence-corrected chi connectivity index (χ2v) is 16.6. The second-order valence-electron chi connectivity index (χ2n) is 10.6. The number of aromatic nitrogens is 8. The van der Waals surface area contributed by atoms with Gasteiger partial charge < -0.3 is 9.97 Å². The number of nitrogens with one attached hydrogen (secondary N) is 2. The van der Waals surface area contributed by atoms with Crippen molar-refractivity contribution in [2.75, 3.05) is 0 Å². The first-order chi connectivity index (χ1) is 23.0. The molecule has 5 heterocycles. The van der Waals surface area contributed by atoms with E-state index in [1.807, 2.05) is 97.1 Å². The van der Waals surface area contributed by atoms with E-state index < -0.39 is 17.2 Å². The molecule has 4 aromatic carbocycles. The van der Waals surface area contributed by atoms with Crippen molar-refractivity contribution in [2.45, 2.75) is 0 Å². The highest BCUT2D eigenvalue weighted by atomic mass is 35.8. The first-order valence-electron chi connectivity index (χ1n) is 14.2. The van der Waals surface area contributed by atoms with Gasteiger partial charge in [0.25, 0.3) is 0 Å². The van der Waals surface area contributed by atoms with Crippen molar-refractivity contribution in [1.82, 2.24) is 39.9 Å². The summed E-state index contributed by atoms with van der Waals surface area (Å²) in [6.45, 7) is 0. The van der Waals surface area contributed by atoms with Crippen LogP contribution < -0.4 is 0 Å². The third-order valence-corrected chi connectivity index (χ3v) is 11.2. The number of halogens is 1. The van der Waals surface area contributed by atoms with Crippen molar-refractivity contribution in [3.05, 3.63) is 97.1 Å². The Morgan fingerprint density at radius 2 is 0.667 bits per heavy atom. The number of rotatable bonds is 1. The van der Waals surface area contributed by atoms with E-state index in [2.05, 4.69) is 20.7 Å². The van der Waals surface area contributed by atoms with Crippen molar-refractivity contribution in [3.8, 4) is 45.6 Å². The lowest BCUT2D eigenvalue weighted by molar-refractivity contribution is 0.495. The molecule has 8 bridgehead atoms. The standard InChI is InChI=1S/C32H18N8.ClHO5S2/c1-2-10-18-17(9-1)25-33-26(18)38-28-21-13-5-6-14-22(21)30(35-28)40-32-24-16-8-7-15-23(24)31(36-32)39-29-20-12-4-3-11-19(20)27(34-29)37-25;1-7(2,3)8(4,5)6/h1-16H,(H2,33,34,35,36,37,38,39,40);(H,4,5,6). The molecule has 2 aliphatic rings. The summed E-state index contributed by atoms with van der Waals surface area (Å²) in [5.74, 6) is 2.39. The van der Waals surface area contributed by atoms with Gasteiger partial charge in [0, 0.05) is 54.5 Å². The smallest absolute Gasteiger partial charge is 0.324 e. The zero-order chi connectivity index (χ0) is 33.2. The number of H-pyrrole nitrogens is 2. The van der Waals surface area contributed by atoms with Crippen LogP contribution >= 0.6 is 10.7 Å². The van der Waals surface area contributed by atoms with Crippen LogP contribution in [0.5, 0.6) is 0 Å². The van der Waals surface area contributed by atoms with Gasteiger partial charge in [0.1, 0.15) is 22.6 Å². The normalized spacial score (nSPS) is 12.3. The second kappa shape index (κ2) is 11.0. The Kier molecular flexibility index (Phi) is 6.81. The van der Waals surface area contributed by atoms with Crippen LogP contribution in [0.25, 0.3) is 89.7 Å². The minimum atomic E-state index is -5.10. The van der Waals surface area contributed by atoms with Gasteiger partial charge in [-0.25, -0.2) is 29.9 Å². The molecule has 0 spiro atoms. The van der Waals surface area contributed by atoms with E-state index in [1.165, 1.54) is 0 Å². The molecule has 16 heteroatoms. The van der Waals surface area contributed by atoms with Gasteiger partial charge in [-0.2, -0.15) is 16.8 Å². The lowest BCUT2D eigenvalue weighted by Crippen LogP contribution is -2.05. The molecule has 0 amide bonds. The van der Waals surface area contributed by atoms with Crippen LogP contribution in [0.1, 0.15) is 0 Å². The van der Waals surface area contributed by atoms with Crippen molar-refractivity contribution in [3.63, 3.8) is 0 Å². The Morgan fingerprint density at radius 1 is 0.438 bits per heavy atom. The highest BCUT2D eigenvalue weighted by Gasteiger charge is 2.23. The van der Waals surface area contributed by atoms with Gasteiger partial charge in [-0.3, -0.25) is 4.55 Å². The number of nitrogens with zero attached hydrogens (tertiary/aromatic N) is 6. The Balaban J connectivity index is 0.000000377. The number of benzene rings is 4. The minimum absolute atomic E-state index is 0.597. The maximum atomic E-state index is 9.58. The van der Waals surface area contributed by atoms with Crippen LogP contribution in [-0.2, 0) is 17.2 Å². The topological polar surface area (TPSA) is 197 Å². The first kappa shape index (κ1) is 29.8. The highest BCUT2D eigenvalue weighted by molar-refractivity contribution is 8.73. The van der Waals surface area contributed by atoms with Crippen molar-refractivity contribution in [1.29, 1.82) is 0 Å². The van der Waals surface area contributed by atoms with Gasteiger partial charge in [-0.05, 0) is 0 Å². The van der Waals surface area contributed by atoms with Gasteiger partial charge in [0.05, 0.1) is 0 Å². The van der Waals surface area contributed by atoms with Gasteiger partial charge in [0.15, 0.2) is 23.3 Å². The number of hydrogen-bond donors (Lipinski definition) is 3. The molecule has 236 valence electrons. The Morgan fingerprint density at radius 3 is 0.896 bits per heavy atom. The van der Waals surface area contributed by atoms with E-state index in [0.717, 1.165) is 43.8 Å². The van der Waals surface area contributed by atoms with Gasteiger partial charge in [-0.1, -0.05) is 97.1 Å². The fraction of sp³-hybridized carbons (Fsp3) is 0. The summed E-state index contributed by atoms with van der Waals surface area (Å²) in [5, 5.41) is 3.82. The summed E-state index contributed by atoms with van der Waals surface area (Å²) in [7, 11) is -5.80. The van der Waals surface area contributed by atoms with E-state index in [9.17, 15) is 16.8 Å². The van der Waals surface area contributed by atoms with Crippen LogP contribution in [-0.4, -0.2) is 61.3 Å². The Labute approximate surface area is 275 Å². The fourth-order valence-electron chi connectivity index (χ4n) is 5.59. The predicted molar refractivity (Wildman–Crippen MR) is 182 cm³/mol. The minimum Gasteiger partial charge on any atom is -0.324 e. The average molecular weight is 695 g/mol. The lowest BCUT2D eigenvalue weighted by Gasteiger charge is -1.96. The fourth-order valence-corrected chi connectivity index (χ4v) is 5.59. The van der Waals surface area contributed by atoms with Crippen LogP contribution in [0.15, 0.2) is 97.1 Å². The molecule has 0 saturated carbocycles. The summed E-state index contributed by atoms with van der Waals surface area (Å²) in [5.41, 5.74) is 6.45. The van der Waals surface area contributed by atoms with Crippen LogP contribution in [0.3, 0.4) is 0 Å². The third-order valence-electron chi connectivity index (χ3n) is 7.71. The number of aromatic amines is 2. The zero-order valence-corrected chi connectivity index (χ0v) is 26.6. The summed E-state index contributed by atoms with van der Waals surface area (Å²) in [6, 6.07) is 32.2. The molecule has 13 nitrogen and oxygen atoms in total. The number of hydrogen-bond acceptors (Lipinski definition) is 10. The molecular formula is C32H19ClN8O5S2. The summed E-state index contributed by atoms with van der Waals surface area (Å²) in [4.78, 5) is 36.8. The van der Waals surface area contributed by atoms with Crippen LogP contribution in [0, 0.1) is 0 Å². The van der Waals surface area contributed by atoms with E-state index >= 15 is 0 Å². The SMILES string of the molecule is O=S(=O)(O)S(=O)(=O)Cl.c1ccc2c(c1)-c1nc-2nc2[nH]c(nc3nc(nc4[nH]c(n1)c1ccccc41)-c1ccccc1-3)c1ccccc21. The first-order valence-corrected chi connectivity index (χ1v) is 18.4. The monoisotopic (exact) mass is 694 g/mol. The molecule has 0 atom stereocenters. The molecular weight excluding hydrogens is 676 g/mol. The Hall–Kier alpha value is -5.61. The van der Waals surface area contributed by atoms with E-state index in [1.54, 1.807) is 0 Å². The summed E-state index contributed by atoms with van der Waals surface area (Å²) in [6.07, 6.45) is 0. The molecule has 0 unspecified atom stereocenters. The molecule has 0 radical (unpaired) electrons. The van der Waals surface area contributed by atoms with Crippen LogP contribution in [0.4, 0.5) is 0 Å². The largest absolute Gasteiger partial charge is 0.386 e. The van der Waals surface area contributed by atoms with Gasteiger partial charge in [-0.15, -0.1) is 0 Å². The third kappa shape index (κ3) is 5.05. The van der Waals surface area contributed by atoms with E-state index in [-0.39, 0.29) is 0 Å². The molecule has 0 fully saturated rings.